The highest BCUT2D eigenvalue weighted by Gasteiger charge is 2.31. The SMILES string of the molecule is CCCCN(c1ccccc1)S(=O)(=O)c1cn(-c2ccccc2)nc1-c1cccs1. The summed E-state index contributed by atoms with van der Waals surface area (Å²) < 4.78 is 30.9. The van der Waals surface area contributed by atoms with Gasteiger partial charge in [-0.3, -0.25) is 4.31 Å². The summed E-state index contributed by atoms with van der Waals surface area (Å²) in [4.78, 5) is 1.04. The Balaban J connectivity index is 1.87. The number of benzene rings is 2. The van der Waals surface area contributed by atoms with E-state index in [1.807, 2.05) is 78.2 Å². The quantitative estimate of drug-likeness (QED) is 0.361. The van der Waals surface area contributed by atoms with Gasteiger partial charge in [-0.1, -0.05) is 55.8 Å². The van der Waals surface area contributed by atoms with Crippen molar-refractivity contribution in [3.8, 4) is 16.3 Å². The standard InChI is InChI=1S/C23H23N3O2S2/c1-2-3-16-26(20-13-8-5-9-14-20)30(27,28)22-18-25(19-11-6-4-7-12-19)24-23(22)21-15-10-17-29-21/h4-15,17-18H,2-3,16H2,1H3. The van der Waals surface area contributed by atoms with Crippen LogP contribution in [0.2, 0.25) is 0 Å². The van der Waals surface area contributed by atoms with Crippen molar-refractivity contribution in [2.75, 3.05) is 10.8 Å². The first-order valence-electron chi connectivity index (χ1n) is 9.88. The zero-order valence-corrected chi connectivity index (χ0v) is 18.3. The minimum absolute atomic E-state index is 0.216. The van der Waals surface area contributed by atoms with Gasteiger partial charge in [0.25, 0.3) is 10.0 Å². The van der Waals surface area contributed by atoms with E-state index in [0.717, 1.165) is 23.4 Å². The number of thiophene rings is 1. The molecule has 30 heavy (non-hydrogen) atoms. The van der Waals surface area contributed by atoms with E-state index in [4.69, 9.17) is 0 Å². The molecular formula is C23H23N3O2S2. The molecular weight excluding hydrogens is 414 g/mol. The summed E-state index contributed by atoms with van der Waals surface area (Å²) in [5.41, 5.74) is 1.96. The minimum Gasteiger partial charge on any atom is -0.266 e. The van der Waals surface area contributed by atoms with E-state index >= 15 is 0 Å². The fourth-order valence-corrected chi connectivity index (χ4v) is 5.67. The molecule has 2 aromatic heterocycles. The zero-order chi connectivity index (χ0) is 21.0. The summed E-state index contributed by atoms with van der Waals surface area (Å²) in [6, 6.07) is 22.6. The highest BCUT2D eigenvalue weighted by molar-refractivity contribution is 7.93. The maximum absolute atomic E-state index is 13.9. The molecule has 4 aromatic rings. The Morgan fingerprint density at radius 3 is 2.30 bits per heavy atom. The molecule has 0 radical (unpaired) electrons. The molecule has 0 N–H and O–H groups in total. The molecule has 2 aromatic carbocycles. The molecule has 2 heterocycles. The molecule has 0 bridgehead atoms. The van der Waals surface area contributed by atoms with Gasteiger partial charge in [0.1, 0.15) is 10.6 Å². The summed E-state index contributed by atoms with van der Waals surface area (Å²) in [6.07, 6.45) is 3.30. The van der Waals surface area contributed by atoms with Gasteiger partial charge in [0.15, 0.2) is 0 Å². The fraction of sp³-hybridized carbons (Fsp3) is 0.174. The number of hydrogen-bond acceptors (Lipinski definition) is 4. The van der Waals surface area contributed by atoms with Crippen molar-refractivity contribution in [3.05, 3.63) is 84.4 Å². The second kappa shape index (κ2) is 8.85. The number of para-hydroxylation sites is 2. The Labute approximate surface area is 181 Å². The van der Waals surface area contributed by atoms with Crippen LogP contribution in [-0.2, 0) is 10.0 Å². The van der Waals surface area contributed by atoms with Crippen LogP contribution in [0.4, 0.5) is 5.69 Å². The Morgan fingerprint density at radius 1 is 0.967 bits per heavy atom. The minimum atomic E-state index is -3.81. The molecule has 4 rings (SSSR count). The lowest BCUT2D eigenvalue weighted by molar-refractivity contribution is 0.589. The van der Waals surface area contributed by atoms with Crippen LogP contribution in [0, 0.1) is 0 Å². The topological polar surface area (TPSA) is 55.2 Å². The van der Waals surface area contributed by atoms with Crippen molar-refractivity contribution >= 4 is 27.0 Å². The summed E-state index contributed by atoms with van der Waals surface area (Å²) in [5, 5.41) is 6.60. The lowest BCUT2D eigenvalue weighted by atomic mass is 10.3. The predicted molar refractivity (Wildman–Crippen MR) is 123 cm³/mol. The van der Waals surface area contributed by atoms with E-state index < -0.39 is 10.0 Å². The van der Waals surface area contributed by atoms with Crippen LogP contribution in [0.25, 0.3) is 16.3 Å². The largest absolute Gasteiger partial charge is 0.268 e. The molecule has 0 aliphatic rings. The number of sulfonamides is 1. The van der Waals surface area contributed by atoms with E-state index in [1.54, 1.807) is 10.9 Å². The molecule has 7 heteroatoms. The molecule has 5 nitrogen and oxygen atoms in total. The van der Waals surface area contributed by atoms with E-state index in [9.17, 15) is 8.42 Å². The number of aromatic nitrogens is 2. The first-order chi connectivity index (χ1) is 14.6. The third kappa shape index (κ3) is 4.04. The first-order valence-corrected chi connectivity index (χ1v) is 12.2. The molecule has 0 saturated heterocycles. The van der Waals surface area contributed by atoms with Gasteiger partial charge in [0.2, 0.25) is 0 Å². The first kappa shape index (κ1) is 20.4. The average Bonchev–Trinajstić information content (AvgIpc) is 3.45. The van der Waals surface area contributed by atoms with Crippen LogP contribution in [0.5, 0.6) is 0 Å². The van der Waals surface area contributed by atoms with Crippen molar-refractivity contribution in [1.29, 1.82) is 0 Å². The van der Waals surface area contributed by atoms with Gasteiger partial charge in [-0.25, -0.2) is 13.1 Å². The number of hydrogen-bond donors (Lipinski definition) is 0. The van der Waals surface area contributed by atoms with E-state index in [2.05, 4.69) is 12.0 Å². The third-order valence-corrected chi connectivity index (χ3v) is 7.49. The van der Waals surface area contributed by atoms with Gasteiger partial charge in [0.05, 0.1) is 22.4 Å². The van der Waals surface area contributed by atoms with Crippen molar-refractivity contribution < 1.29 is 8.42 Å². The van der Waals surface area contributed by atoms with Crippen LogP contribution in [0.15, 0.2) is 89.3 Å². The molecule has 0 saturated carbocycles. The zero-order valence-electron chi connectivity index (χ0n) is 16.7. The van der Waals surface area contributed by atoms with Gasteiger partial charge in [-0.15, -0.1) is 11.3 Å². The highest BCUT2D eigenvalue weighted by Crippen LogP contribution is 2.34. The summed E-state index contributed by atoms with van der Waals surface area (Å²) in [7, 11) is -3.81. The molecule has 0 amide bonds. The monoisotopic (exact) mass is 437 g/mol. The predicted octanol–water partition coefficient (Wildman–Crippen LogP) is 5.60. The Kier molecular flexibility index (Phi) is 6.01. The van der Waals surface area contributed by atoms with E-state index in [0.29, 0.717) is 17.9 Å². The number of anilines is 1. The van der Waals surface area contributed by atoms with Crippen LogP contribution < -0.4 is 4.31 Å². The van der Waals surface area contributed by atoms with E-state index in [-0.39, 0.29) is 4.90 Å². The summed E-state index contributed by atoms with van der Waals surface area (Å²) >= 11 is 1.48. The van der Waals surface area contributed by atoms with Gasteiger partial charge in [-0.2, -0.15) is 5.10 Å². The Bertz CT molecular complexity index is 1190. The molecule has 0 fully saturated rings. The molecule has 154 valence electrons. The number of rotatable bonds is 8. The number of unbranched alkanes of at least 4 members (excludes halogenated alkanes) is 1. The van der Waals surface area contributed by atoms with Gasteiger partial charge < -0.3 is 0 Å². The van der Waals surface area contributed by atoms with Crippen LogP contribution in [-0.4, -0.2) is 24.7 Å². The van der Waals surface area contributed by atoms with Crippen molar-refractivity contribution in [3.63, 3.8) is 0 Å². The van der Waals surface area contributed by atoms with Crippen LogP contribution >= 0.6 is 11.3 Å². The molecule has 0 aliphatic heterocycles. The Morgan fingerprint density at radius 2 is 1.67 bits per heavy atom. The lowest BCUT2D eigenvalue weighted by Crippen LogP contribution is -2.32. The smallest absolute Gasteiger partial charge is 0.266 e. The van der Waals surface area contributed by atoms with Gasteiger partial charge >= 0.3 is 0 Å². The summed E-state index contributed by atoms with van der Waals surface area (Å²) in [5.74, 6) is 0. The molecule has 0 unspecified atom stereocenters. The van der Waals surface area contributed by atoms with Gasteiger partial charge in [0, 0.05) is 6.54 Å². The molecule has 0 atom stereocenters. The number of nitrogens with zero attached hydrogens (tertiary/aromatic N) is 3. The second-order valence-corrected chi connectivity index (χ2v) is 9.64. The Hall–Kier alpha value is -2.90. The van der Waals surface area contributed by atoms with Crippen molar-refractivity contribution in [2.24, 2.45) is 0 Å². The lowest BCUT2D eigenvalue weighted by Gasteiger charge is -2.24. The average molecular weight is 438 g/mol. The summed E-state index contributed by atoms with van der Waals surface area (Å²) in [6.45, 7) is 2.48. The van der Waals surface area contributed by atoms with Crippen LogP contribution in [0.3, 0.4) is 0 Å². The van der Waals surface area contributed by atoms with Crippen LogP contribution in [0.1, 0.15) is 19.8 Å². The van der Waals surface area contributed by atoms with Gasteiger partial charge in [-0.05, 0) is 42.1 Å². The normalized spacial score (nSPS) is 11.5. The van der Waals surface area contributed by atoms with Crippen molar-refractivity contribution in [1.82, 2.24) is 9.78 Å². The highest BCUT2D eigenvalue weighted by atomic mass is 32.2. The maximum atomic E-state index is 13.9. The fourth-order valence-electron chi connectivity index (χ4n) is 3.25. The maximum Gasteiger partial charge on any atom is 0.268 e. The molecule has 0 aliphatic carbocycles. The third-order valence-electron chi connectivity index (χ3n) is 4.78. The van der Waals surface area contributed by atoms with E-state index in [1.165, 1.54) is 15.6 Å². The second-order valence-electron chi connectivity index (χ2n) is 6.87. The molecule has 0 spiro atoms. The van der Waals surface area contributed by atoms with Crippen molar-refractivity contribution in [2.45, 2.75) is 24.7 Å².